The quantitative estimate of drug-likeness (QED) is 0.460. The third kappa shape index (κ3) is 4.84. The zero-order valence-corrected chi connectivity index (χ0v) is 12.6. The van der Waals surface area contributed by atoms with Gasteiger partial charge in [0.25, 0.3) is 9.05 Å². The van der Waals surface area contributed by atoms with Gasteiger partial charge in [-0.1, -0.05) is 25.8 Å². The third-order valence-electron chi connectivity index (χ3n) is 2.67. The normalized spacial score (nSPS) is 11.3. The molecule has 0 aliphatic rings. The number of hydrogen-bond acceptors (Lipinski definition) is 4. The Morgan fingerprint density at radius 2 is 2.00 bits per heavy atom. The zero-order chi connectivity index (χ0) is 14.5. The molecule has 0 aromatic heterocycles. The lowest BCUT2D eigenvalue weighted by Crippen LogP contribution is -2.08. The molecule has 0 saturated heterocycles. The highest BCUT2D eigenvalue weighted by Gasteiger charge is 2.17. The van der Waals surface area contributed by atoms with Crippen LogP contribution in [0.2, 0.25) is 0 Å². The van der Waals surface area contributed by atoms with Gasteiger partial charge in [-0.2, -0.15) is 0 Å². The number of halogens is 1. The molecule has 1 aromatic rings. The fourth-order valence-electron chi connectivity index (χ4n) is 1.59. The van der Waals surface area contributed by atoms with Crippen molar-refractivity contribution >= 4 is 25.7 Å². The second kappa shape index (κ2) is 6.91. The Morgan fingerprint density at radius 3 is 2.58 bits per heavy atom. The van der Waals surface area contributed by atoms with Gasteiger partial charge in [0.1, 0.15) is 0 Å². The standard InChI is InChI=1S/C13H17ClO4S/c1-3-4-5-8-18-13(15)11-7-6-10(2)12(9-11)19(14,16)17/h6-7,9H,3-5,8H2,1-2H3. The molecule has 106 valence electrons. The van der Waals surface area contributed by atoms with E-state index in [1.807, 2.05) is 0 Å². The summed E-state index contributed by atoms with van der Waals surface area (Å²) in [5.74, 6) is -0.530. The monoisotopic (exact) mass is 304 g/mol. The van der Waals surface area contributed by atoms with Gasteiger partial charge < -0.3 is 4.74 Å². The highest BCUT2D eigenvalue weighted by Crippen LogP contribution is 2.21. The summed E-state index contributed by atoms with van der Waals surface area (Å²) in [6, 6.07) is 4.32. The Morgan fingerprint density at radius 1 is 1.32 bits per heavy atom. The van der Waals surface area contributed by atoms with Gasteiger partial charge in [-0.15, -0.1) is 0 Å². The number of rotatable bonds is 6. The molecule has 0 radical (unpaired) electrons. The van der Waals surface area contributed by atoms with Crippen molar-refractivity contribution in [2.45, 2.75) is 38.0 Å². The second-order valence-electron chi connectivity index (χ2n) is 4.26. The molecular formula is C13H17ClO4S. The van der Waals surface area contributed by atoms with Gasteiger partial charge in [-0.25, -0.2) is 13.2 Å². The Kier molecular flexibility index (Phi) is 5.82. The van der Waals surface area contributed by atoms with Gasteiger partial charge in [-0.05, 0) is 31.0 Å². The molecule has 0 atom stereocenters. The first kappa shape index (κ1) is 16.0. The summed E-state index contributed by atoms with van der Waals surface area (Å²) in [6.07, 6.45) is 2.83. The molecule has 0 N–H and O–H groups in total. The van der Waals surface area contributed by atoms with Crippen molar-refractivity contribution < 1.29 is 17.9 Å². The predicted molar refractivity (Wildman–Crippen MR) is 74.0 cm³/mol. The van der Waals surface area contributed by atoms with Crippen LogP contribution < -0.4 is 0 Å². The molecule has 1 aromatic carbocycles. The summed E-state index contributed by atoms with van der Waals surface area (Å²) < 4.78 is 27.7. The number of ether oxygens (including phenoxy) is 1. The molecule has 0 fully saturated rings. The van der Waals surface area contributed by atoms with E-state index >= 15 is 0 Å². The van der Waals surface area contributed by atoms with Crippen molar-refractivity contribution in [2.75, 3.05) is 6.61 Å². The lowest BCUT2D eigenvalue weighted by atomic mass is 10.1. The highest BCUT2D eigenvalue weighted by atomic mass is 35.7. The number of carbonyl (C=O) groups excluding carboxylic acids is 1. The minimum atomic E-state index is -3.85. The van der Waals surface area contributed by atoms with Crippen LogP contribution in [0.1, 0.15) is 42.1 Å². The van der Waals surface area contributed by atoms with E-state index in [0.29, 0.717) is 12.2 Å². The number of carbonyl (C=O) groups is 1. The average Bonchev–Trinajstić information content (AvgIpc) is 2.33. The maximum atomic E-state index is 11.7. The molecule has 6 heteroatoms. The second-order valence-corrected chi connectivity index (χ2v) is 6.80. The fraction of sp³-hybridized carbons (Fsp3) is 0.462. The number of esters is 1. The molecule has 0 saturated carbocycles. The van der Waals surface area contributed by atoms with Crippen LogP contribution in [0.3, 0.4) is 0 Å². The van der Waals surface area contributed by atoms with Crippen molar-refractivity contribution in [3.8, 4) is 0 Å². The lowest BCUT2D eigenvalue weighted by molar-refractivity contribution is 0.0498. The number of benzene rings is 1. The van der Waals surface area contributed by atoms with Crippen LogP contribution in [0.5, 0.6) is 0 Å². The van der Waals surface area contributed by atoms with E-state index in [9.17, 15) is 13.2 Å². The van der Waals surface area contributed by atoms with Crippen molar-refractivity contribution in [1.29, 1.82) is 0 Å². The van der Waals surface area contributed by atoms with Gasteiger partial charge in [0.05, 0.1) is 17.1 Å². The largest absolute Gasteiger partial charge is 0.462 e. The van der Waals surface area contributed by atoms with Gasteiger partial charge in [0, 0.05) is 10.7 Å². The van der Waals surface area contributed by atoms with E-state index in [2.05, 4.69) is 6.92 Å². The Bertz CT molecular complexity index is 552. The molecule has 0 spiro atoms. The highest BCUT2D eigenvalue weighted by molar-refractivity contribution is 8.13. The van der Waals surface area contributed by atoms with Crippen molar-refractivity contribution in [3.63, 3.8) is 0 Å². The molecule has 1 rings (SSSR count). The molecule has 0 heterocycles. The van der Waals surface area contributed by atoms with Gasteiger partial charge in [-0.3, -0.25) is 0 Å². The summed E-state index contributed by atoms with van der Waals surface area (Å²) in [4.78, 5) is 11.7. The minimum absolute atomic E-state index is 0.0582. The first-order chi connectivity index (χ1) is 8.86. The van der Waals surface area contributed by atoms with E-state index in [0.717, 1.165) is 19.3 Å². The predicted octanol–water partition coefficient (Wildman–Crippen LogP) is 3.27. The van der Waals surface area contributed by atoms with E-state index in [4.69, 9.17) is 15.4 Å². The first-order valence-corrected chi connectivity index (χ1v) is 8.39. The van der Waals surface area contributed by atoms with Crippen molar-refractivity contribution in [3.05, 3.63) is 29.3 Å². The smallest absolute Gasteiger partial charge is 0.338 e. The maximum Gasteiger partial charge on any atom is 0.338 e. The Balaban J connectivity index is 2.82. The Hall–Kier alpha value is -1.07. The minimum Gasteiger partial charge on any atom is -0.462 e. The summed E-state index contributed by atoms with van der Waals surface area (Å²) in [7, 11) is 1.45. The van der Waals surface area contributed by atoms with Gasteiger partial charge in [0.2, 0.25) is 0 Å². The summed E-state index contributed by atoms with van der Waals surface area (Å²) in [6.45, 7) is 4.01. The molecule has 0 aliphatic carbocycles. The molecular weight excluding hydrogens is 288 g/mol. The zero-order valence-electron chi connectivity index (χ0n) is 11.0. The number of unbranched alkanes of at least 4 members (excludes halogenated alkanes) is 2. The van der Waals surface area contributed by atoms with Gasteiger partial charge in [0.15, 0.2) is 0 Å². The molecule has 4 nitrogen and oxygen atoms in total. The fourth-order valence-corrected chi connectivity index (χ4v) is 2.81. The van der Waals surface area contributed by atoms with E-state index < -0.39 is 15.0 Å². The number of hydrogen-bond donors (Lipinski definition) is 0. The van der Waals surface area contributed by atoms with Crippen LogP contribution in [-0.4, -0.2) is 21.0 Å². The summed E-state index contributed by atoms with van der Waals surface area (Å²) >= 11 is 0. The number of aryl methyl sites for hydroxylation is 1. The Labute approximate surface area is 118 Å². The lowest BCUT2D eigenvalue weighted by Gasteiger charge is -2.07. The summed E-state index contributed by atoms with van der Waals surface area (Å²) in [5, 5.41) is 0. The first-order valence-electron chi connectivity index (χ1n) is 6.08. The average molecular weight is 305 g/mol. The molecule has 0 aliphatic heterocycles. The SMILES string of the molecule is CCCCCOC(=O)c1ccc(C)c(S(=O)(=O)Cl)c1. The van der Waals surface area contributed by atoms with Crippen LogP contribution in [0, 0.1) is 6.92 Å². The van der Waals surface area contributed by atoms with E-state index in [1.54, 1.807) is 6.92 Å². The van der Waals surface area contributed by atoms with Crippen LogP contribution in [0.25, 0.3) is 0 Å². The molecule has 0 bridgehead atoms. The topological polar surface area (TPSA) is 60.4 Å². The van der Waals surface area contributed by atoms with Crippen molar-refractivity contribution in [2.24, 2.45) is 0 Å². The van der Waals surface area contributed by atoms with Crippen LogP contribution in [0.4, 0.5) is 0 Å². The van der Waals surface area contributed by atoms with Crippen LogP contribution in [0.15, 0.2) is 23.1 Å². The maximum absolute atomic E-state index is 11.7. The van der Waals surface area contributed by atoms with E-state index in [1.165, 1.54) is 18.2 Å². The summed E-state index contributed by atoms with van der Waals surface area (Å²) in [5.41, 5.74) is 0.693. The van der Waals surface area contributed by atoms with Crippen LogP contribution in [-0.2, 0) is 13.8 Å². The van der Waals surface area contributed by atoms with Gasteiger partial charge >= 0.3 is 5.97 Å². The molecule has 19 heavy (non-hydrogen) atoms. The molecule has 0 amide bonds. The third-order valence-corrected chi connectivity index (χ3v) is 4.13. The molecule has 0 unspecified atom stereocenters. The van der Waals surface area contributed by atoms with Crippen LogP contribution >= 0.6 is 10.7 Å². The van der Waals surface area contributed by atoms with E-state index in [-0.39, 0.29) is 10.5 Å². The van der Waals surface area contributed by atoms with Crippen molar-refractivity contribution in [1.82, 2.24) is 0 Å².